The molecule has 0 saturated carbocycles. The van der Waals surface area contributed by atoms with Crippen LogP contribution in [0.25, 0.3) is 0 Å². The quantitative estimate of drug-likeness (QED) is 0.802. The zero-order valence-corrected chi connectivity index (χ0v) is 9.67. The minimum atomic E-state index is 0.447. The Morgan fingerprint density at radius 1 is 1.43 bits per heavy atom. The Labute approximate surface area is 86.3 Å². The molecule has 0 aliphatic rings. The molecule has 14 heavy (non-hydrogen) atoms. The van der Waals surface area contributed by atoms with Gasteiger partial charge >= 0.3 is 0 Å². The van der Waals surface area contributed by atoms with E-state index < -0.39 is 0 Å². The lowest BCUT2D eigenvalue weighted by Gasteiger charge is -2.11. The van der Waals surface area contributed by atoms with Gasteiger partial charge in [-0.3, -0.25) is 0 Å². The summed E-state index contributed by atoms with van der Waals surface area (Å²) in [6.45, 7) is 9.47. The fourth-order valence-corrected chi connectivity index (χ4v) is 1.60. The van der Waals surface area contributed by atoms with Gasteiger partial charge in [0, 0.05) is 12.5 Å². The highest BCUT2D eigenvalue weighted by molar-refractivity contribution is 5.37. The highest BCUT2D eigenvalue weighted by Gasteiger charge is 2.13. The van der Waals surface area contributed by atoms with E-state index in [0.29, 0.717) is 5.92 Å². The predicted octanol–water partition coefficient (Wildman–Crippen LogP) is 2.70. The average molecular weight is 195 g/mol. The molecule has 0 amide bonds. The number of rotatable bonds is 4. The van der Waals surface area contributed by atoms with Crippen LogP contribution in [0.5, 0.6) is 0 Å². The lowest BCUT2D eigenvalue weighted by atomic mass is 10.2. The van der Waals surface area contributed by atoms with E-state index in [4.69, 9.17) is 5.73 Å². The lowest BCUT2D eigenvalue weighted by Crippen LogP contribution is -2.08. The van der Waals surface area contributed by atoms with Crippen LogP contribution in [0.3, 0.4) is 0 Å². The zero-order chi connectivity index (χ0) is 10.7. The van der Waals surface area contributed by atoms with Crippen LogP contribution >= 0.6 is 0 Å². The first-order chi connectivity index (χ1) is 6.57. The molecule has 0 saturated heterocycles. The molecule has 0 bridgehead atoms. The van der Waals surface area contributed by atoms with E-state index in [1.165, 1.54) is 12.8 Å². The number of anilines is 1. The van der Waals surface area contributed by atoms with Crippen LogP contribution in [-0.4, -0.2) is 9.55 Å². The first-order valence-corrected chi connectivity index (χ1v) is 5.40. The smallest absolute Gasteiger partial charge is 0.126 e. The van der Waals surface area contributed by atoms with Crippen molar-refractivity contribution in [3.05, 3.63) is 11.5 Å². The minimum Gasteiger partial charge on any atom is -0.384 e. The van der Waals surface area contributed by atoms with Gasteiger partial charge in [-0.05, 0) is 13.3 Å². The number of hydrogen-bond acceptors (Lipinski definition) is 2. The SMILES string of the molecule is CCCCn1c(C(C)C)nc(C)c1N. The van der Waals surface area contributed by atoms with Crippen molar-refractivity contribution in [1.29, 1.82) is 0 Å². The number of aromatic nitrogens is 2. The standard InChI is InChI=1S/C11H21N3/c1-5-6-7-14-10(12)9(4)13-11(14)8(2)3/h8H,5-7,12H2,1-4H3. The second kappa shape index (κ2) is 4.49. The van der Waals surface area contributed by atoms with Gasteiger partial charge in [-0.1, -0.05) is 27.2 Å². The van der Waals surface area contributed by atoms with Crippen LogP contribution in [0, 0.1) is 6.92 Å². The first kappa shape index (κ1) is 11.1. The van der Waals surface area contributed by atoms with Crippen molar-refractivity contribution in [3.63, 3.8) is 0 Å². The van der Waals surface area contributed by atoms with Crippen molar-refractivity contribution in [2.45, 2.75) is 53.0 Å². The molecule has 1 heterocycles. The van der Waals surface area contributed by atoms with Crippen LogP contribution in [0.4, 0.5) is 5.82 Å². The normalized spacial score (nSPS) is 11.2. The Morgan fingerprint density at radius 3 is 2.57 bits per heavy atom. The Bertz CT molecular complexity index is 300. The fraction of sp³-hybridized carbons (Fsp3) is 0.727. The number of nitrogen functional groups attached to an aromatic ring is 1. The summed E-state index contributed by atoms with van der Waals surface area (Å²) in [6.07, 6.45) is 2.36. The molecule has 80 valence electrons. The van der Waals surface area contributed by atoms with Crippen LogP contribution in [-0.2, 0) is 6.54 Å². The Morgan fingerprint density at radius 2 is 2.07 bits per heavy atom. The lowest BCUT2D eigenvalue weighted by molar-refractivity contribution is 0.588. The molecule has 0 spiro atoms. The molecular formula is C11H21N3. The van der Waals surface area contributed by atoms with Crippen LogP contribution in [0.1, 0.15) is 51.0 Å². The van der Waals surface area contributed by atoms with Crippen molar-refractivity contribution >= 4 is 5.82 Å². The second-order valence-corrected chi connectivity index (χ2v) is 4.10. The summed E-state index contributed by atoms with van der Waals surface area (Å²) in [4.78, 5) is 4.50. The number of imidazole rings is 1. The molecule has 2 N–H and O–H groups in total. The van der Waals surface area contributed by atoms with E-state index in [9.17, 15) is 0 Å². The van der Waals surface area contributed by atoms with Gasteiger partial charge in [0.2, 0.25) is 0 Å². The van der Waals surface area contributed by atoms with Gasteiger partial charge in [0.25, 0.3) is 0 Å². The summed E-state index contributed by atoms with van der Waals surface area (Å²) in [7, 11) is 0. The van der Waals surface area contributed by atoms with E-state index in [1.807, 2.05) is 6.92 Å². The van der Waals surface area contributed by atoms with E-state index in [1.54, 1.807) is 0 Å². The molecule has 3 nitrogen and oxygen atoms in total. The molecule has 0 atom stereocenters. The Kier molecular flexibility index (Phi) is 3.55. The number of aryl methyl sites for hydroxylation is 1. The minimum absolute atomic E-state index is 0.447. The maximum Gasteiger partial charge on any atom is 0.126 e. The molecule has 0 aromatic carbocycles. The highest BCUT2D eigenvalue weighted by Crippen LogP contribution is 2.20. The van der Waals surface area contributed by atoms with Gasteiger partial charge in [-0.15, -0.1) is 0 Å². The molecule has 1 rings (SSSR count). The maximum atomic E-state index is 5.98. The van der Waals surface area contributed by atoms with Gasteiger partial charge in [-0.25, -0.2) is 4.98 Å². The largest absolute Gasteiger partial charge is 0.384 e. The van der Waals surface area contributed by atoms with Crippen molar-refractivity contribution in [2.24, 2.45) is 0 Å². The molecule has 0 fully saturated rings. The Balaban J connectivity index is 2.97. The molecular weight excluding hydrogens is 174 g/mol. The number of hydrogen-bond donors (Lipinski definition) is 1. The van der Waals surface area contributed by atoms with Crippen LogP contribution < -0.4 is 5.73 Å². The average Bonchev–Trinajstić information content (AvgIpc) is 2.41. The van der Waals surface area contributed by atoms with Gasteiger partial charge in [-0.2, -0.15) is 0 Å². The molecule has 0 unspecified atom stereocenters. The summed E-state index contributed by atoms with van der Waals surface area (Å²) in [5, 5.41) is 0. The van der Waals surface area contributed by atoms with E-state index in [0.717, 1.165) is 23.9 Å². The monoisotopic (exact) mass is 195 g/mol. The second-order valence-electron chi connectivity index (χ2n) is 4.10. The van der Waals surface area contributed by atoms with Crippen LogP contribution in [0.15, 0.2) is 0 Å². The summed E-state index contributed by atoms with van der Waals surface area (Å²) >= 11 is 0. The molecule has 3 heteroatoms. The van der Waals surface area contributed by atoms with E-state index in [2.05, 4.69) is 30.3 Å². The van der Waals surface area contributed by atoms with Gasteiger partial charge in [0.05, 0.1) is 5.69 Å². The third-order valence-corrected chi connectivity index (χ3v) is 2.47. The third-order valence-electron chi connectivity index (χ3n) is 2.47. The molecule has 0 radical (unpaired) electrons. The molecule has 1 aromatic rings. The number of nitrogens with zero attached hydrogens (tertiary/aromatic N) is 2. The summed E-state index contributed by atoms with van der Waals surface area (Å²) in [5.74, 6) is 2.40. The highest BCUT2D eigenvalue weighted by atomic mass is 15.1. The number of nitrogens with two attached hydrogens (primary N) is 1. The van der Waals surface area contributed by atoms with Crippen LogP contribution in [0.2, 0.25) is 0 Å². The van der Waals surface area contributed by atoms with E-state index in [-0.39, 0.29) is 0 Å². The number of unbranched alkanes of at least 4 members (excludes halogenated alkanes) is 1. The predicted molar refractivity (Wildman–Crippen MR) is 60.4 cm³/mol. The molecule has 1 aromatic heterocycles. The van der Waals surface area contributed by atoms with Crippen molar-refractivity contribution < 1.29 is 0 Å². The molecule has 0 aliphatic carbocycles. The van der Waals surface area contributed by atoms with Gasteiger partial charge < -0.3 is 10.3 Å². The maximum absolute atomic E-state index is 5.98. The van der Waals surface area contributed by atoms with Gasteiger partial charge in [0.15, 0.2) is 0 Å². The van der Waals surface area contributed by atoms with Crippen molar-refractivity contribution in [3.8, 4) is 0 Å². The zero-order valence-electron chi connectivity index (χ0n) is 9.67. The molecule has 0 aliphatic heterocycles. The fourth-order valence-electron chi connectivity index (χ4n) is 1.60. The van der Waals surface area contributed by atoms with E-state index >= 15 is 0 Å². The third kappa shape index (κ3) is 2.08. The van der Waals surface area contributed by atoms with Crippen molar-refractivity contribution in [2.75, 3.05) is 5.73 Å². The van der Waals surface area contributed by atoms with Crippen molar-refractivity contribution in [1.82, 2.24) is 9.55 Å². The summed E-state index contributed by atoms with van der Waals surface area (Å²) in [6, 6.07) is 0. The first-order valence-electron chi connectivity index (χ1n) is 5.40. The van der Waals surface area contributed by atoms with Gasteiger partial charge in [0.1, 0.15) is 11.6 Å². The summed E-state index contributed by atoms with van der Waals surface area (Å²) < 4.78 is 2.16. The topological polar surface area (TPSA) is 43.8 Å². The summed E-state index contributed by atoms with van der Waals surface area (Å²) in [5.41, 5.74) is 6.95. The Hall–Kier alpha value is -0.990.